The molecule has 2 aromatic rings. The van der Waals surface area contributed by atoms with Gasteiger partial charge in [-0.25, -0.2) is 18.4 Å². The average molecular weight is 255 g/mol. The van der Waals surface area contributed by atoms with E-state index >= 15 is 0 Å². The summed E-state index contributed by atoms with van der Waals surface area (Å²) in [5, 5.41) is 2.18. The van der Waals surface area contributed by atoms with Crippen LogP contribution in [-0.4, -0.2) is 18.4 Å². The zero-order valence-electron chi connectivity index (χ0n) is 8.20. The first-order chi connectivity index (χ1) is 7.59. The molecular weight excluding hydrogens is 246 g/mol. The number of aromatic nitrogens is 2. The summed E-state index contributed by atoms with van der Waals surface area (Å²) in [5.74, 6) is -0.161. The van der Waals surface area contributed by atoms with E-state index in [2.05, 4.69) is 9.97 Å². The van der Waals surface area contributed by atoms with Crippen LogP contribution in [0.3, 0.4) is 0 Å². The Kier molecular flexibility index (Phi) is 2.88. The van der Waals surface area contributed by atoms with Crippen LogP contribution in [0.2, 0.25) is 0 Å². The third kappa shape index (κ3) is 2.20. The molecule has 2 heterocycles. The number of pyridine rings is 1. The average Bonchev–Trinajstić information content (AvgIpc) is 2.70. The second kappa shape index (κ2) is 4.18. The van der Waals surface area contributed by atoms with Gasteiger partial charge in [-0.15, -0.1) is 11.3 Å². The standard InChI is InChI=1S/C9H9N3O2S2/c10-7-2-1-3-12-9(7)16(13,14)6-8-11-4-5-15-8/h1-5H,6,10H2. The number of rotatable bonds is 3. The summed E-state index contributed by atoms with van der Waals surface area (Å²) in [6.45, 7) is 0. The van der Waals surface area contributed by atoms with Gasteiger partial charge >= 0.3 is 0 Å². The molecule has 0 unspecified atom stereocenters. The van der Waals surface area contributed by atoms with Crippen molar-refractivity contribution in [2.75, 3.05) is 5.73 Å². The molecule has 0 bridgehead atoms. The normalized spacial score (nSPS) is 11.5. The number of nitrogens with two attached hydrogens (primary N) is 1. The summed E-state index contributed by atoms with van der Waals surface area (Å²) >= 11 is 1.29. The summed E-state index contributed by atoms with van der Waals surface area (Å²) in [6, 6.07) is 3.11. The predicted molar refractivity (Wildman–Crippen MR) is 61.7 cm³/mol. The van der Waals surface area contributed by atoms with E-state index in [1.54, 1.807) is 17.6 Å². The zero-order chi connectivity index (χ0) is 11.6. The third-order valence-corrected chi connectivity index (χ3v) is 4.44. The number of sulfone groups is 1. The molecule has 0 radical (unpaired) electrons. The summed E-state index contributed by atoms with van der Waals surface area (Å²) in [5.41, 5.74) is 5.74. The van der Waals surface area contributed by atoms with Crippen LogP contribution >= 0.6 is 11.3 Å². The summed E-state index contributed by atoms with van der Waals surface area (Å²) in [4.78, 5) is 7.72. The van der Waals surface area contributed by atoms with Crippen molar-refractivity contribution in [2.45, 2.75) is 10.8 Å². The van der Waals surface area contributed by atoms with Crippen molar-refractivity contribution in [1.29, 1.82) is 0 Å². The molecule has 16 heavy (non-hydrogen) atoms. The van der Waals surface area contributed by atoms with Gasteiger partial charge in [0, 0.05) is 17.8 Å². The number of hydrogen-bond acceptors (Lipinski definition) is 6. The highest BCUT2D eigenvalue weighted by Gasteiger charge is 2.20. The van der Waals surface area contributed by atoms with Crippen LogP contribution in [0.15, 0.2) is 34.9 Å². The number of hydrogen-bond donors (Lipinski definition) is 1. The molecule has 0 atom stereocenters. The van der Waals surface area contributed by atoms with Crippen molar-refractivity contribution >= 4 is 26.9 Å². The molecule has 0 aliphatic rings. The van der Waals surface area contributed by atoms with Crippen molar-refractivity contribution < 1.29 is 8.42 Å². The molecule has 5 nitrogen and oxygen atoms in total. The highest BCUT2D eigenvalue weighted by molar-refractivity contribution is 7.90. The molecule has 0 amide bonds. The lowest BCUT2D eigenvalue weighted by atomic mass is 10.4. The monoisotopic (exact) mass is 255 g/mol. The Balaban J connectivity index is 2.37. The number of nitrogen functional groups attached to an aromatic ring is 1. The molecule has 0 aliphatic carbocycles. The van der Waals surface area contributed by atoms with Crippen LogP contribution < -0.4 is 5.73 Å². The molecule has 2 N–H and O–H groups in total. The number of thiazole rings is 1. The predicted octanol–water partition coefficient (Wildman–Crippen LogP) is 1.09. The molecule has 2 aromatic heterocycles. The van der Waals surface area contributed by atoms with Gasteiger partial charge in [0.25, 0.3) is 0 Å². The summed E-state index contributed by atoms with van der Waals surface area (Å²) in [7, 11) is -3.50. The smallest absolute Gasteiger partial charge is 0.204 e. The van der Waals surface area contributed by atoms with E-state index in [0.717, 1.165) is 0 Å². The van der Waals surface area contributed by atoms with Gasteiger partial charge in [-0.1, -0.05) is 0 Å². The van der Waals surface area contributed by atoms with Crippen molar-refractivity contribution in [2.24, 2.45) is 0 Å². The lowest BCUT2D eigenvalue weighted by molar-refractivity contribution is 0.592. The summed E-state index contributed by atoms with van der Waals surface area (Å²) in [6.07, 6.45) is 2.97. The summed E-state index contributed by atoms with van der Waals surface area (Å²) < 4.78 is 23.9. The maximum absolute atomic E-state index is 11.9. The Morgan fingerprint density at radius 3 is 2.75 bits per heavy atom. The Bertz CT molecular complexity index is 579. The first-order valence-electron chi connectivity index (χ1n) is 4.41. The molecule has 0 aromatic carbocycles. The second-order valence-electron chi connectivity index (χ2n) is 3.08. The van der Waals surface area contributed by atoms with E-state index in [1.165, 1.54) is 23.6 Å². The van der Waals surface area contributed by atoms with Crippen LogP contribution in [-0.2, 0) is 15.6 Å². The largest absolute Gasteiger partial charge is 0.396 e. The molecule has 0 saturated carbocycles. The molecule has 0 fully saturated rings. The Hall–Kier alpha value is -1.47. The topological polar surface area (TPSA) is 85.9 Å². The highest BCUT2D eigenvalue weighted by atomic mass is 32.2. The first-order valence-corrected chi connectivity index (χ1v) is 6.94. The molecule has 0 aliphatic heterocycles. The minimum absolute atomic E-state index is 0.0785. The number of nitrogens with zero attached hydrogens (tertiary/aromatic N) is 2. The Labute approximate surface area is 96.9 Å². The van der Waals surface area contributed by atoms with Gasteiger partial charge in [-0.2, -0.15) is 0 Å². The maximum Gasteiger partial charge on any atom is 0.204 e. The van der Waals surface area contributed by atoms with Crippen LogP contribution in [0.1, 0.15) is 5.01 Å². The molecule has 0 spiro atoms. The van der Waals surface area contributed by atoms with Crippen LogP contribution in [0, 0.1) is 0 Å². The highest BCUT2D eigenvalue weighted by Crippen LogP contribution is 2.20. The van der Waals surface area contributed by atoms with Crippen molar-refractivity contribution in [3.8, 4) is 0 Å². The van der Waals surface area contributed by atoms with Gasteiger partial charge in [0.1, 0.15) is 10.8 Å². The van der Waals surface area contributed by atoms with Gasteiger partial charge < -0.3 is 5.73 Å². The van der Waals surface area contributed by atoms with Gasteiger partial charge in [0.15, 0.2) is 5.03 Å². The van der Waals surface area contributed by atoms with Gasteiger partial charge in [0.05, 0.1) is 5.69 Å². The van der Waals surface area contributed by atoms with Crippen molar-refractivity contribution in [3.05, 3.63) is 34.9 Å². The lowest BCUT2D eigenvalue weighted by Crippen LogP contribution is -2.09. The Morgan fingerprint density at radius 2 is 2.12 bits per heavy atom. The van der Waals surface area contributed by atoms with Gasteiger partial charge in [0.2, 0.25) is 9.84 Å². The van der Waals surface area contributed by atoms with Gasteiger partial charge in [-0.05, 0) is 12.1 Å². The van der Waals surface area contributed by atoms with Crippen LogP contribution in [0.4, 0.5) is 5.69 Å². The minimum Gasteiger partial charge on any atom is -0.396 e. The molecule has 2 rings (SSSR count). The quantitative estimate of drug-likeness (QED) is 0.887. The molecule has 84 valence electrons. The fourth-order valence-corrected chi connectivity index (χ4v) is 3.54. The first kappa shape index (κ1) is 11.0. The van der Waals surface area contributed by atoms with E-state index in [9.17, 15) is 8.42 Å². The van der Waals surface area contributed by atoms with Crippen molar-refractivity contribution in [1.82, 2.24) is 9.97 Å². The van der Waals surface area contributed by atoms with Crippen LogP contribution in [0.25, 0.3) is 0 Å². The van der Waals surface area contributed by atoms with Gasteiger partial charge in [-0.3, -0.25) is 0 Å². The van der Waals surface area contributed by atoms with Crippen molar-refractivity contribution in [3.63, 3.8) is 0 Å². The van der Waals surface area contributed by atoms with E-state index in [0.29, 0.717) is 5.01 Å². The maximum atomic E-state index is 11.9. The third-order valence-electron chi connectivity index (χ3n) is 1.89. The van der Waals surface area contributed by atoms with E-state index in [1.807, 2.05) is 0 Å². The minimum atomic E-state index is -3.50. The van der Waals surface area contributed by atoms with E-state index in [-0.39, 0.29) is 16.5 Å². The lowest BCUT2D eigenvalue weighted by Gasteiger charge is -2.03. The van der Waals surface area contributed by atoms with Crippen LogP contribution in [0.5, 0.6) is 0 Å². The SMILES string of the molecule is Nc1cccnc1S(=O)(=O)Cc1nccs1. The number of anilines is 1. The Morgan fingerprint density at radius 1 is 1.31 bits per heavy atom. The fourth-order valence-electron chi connectivity index (χ4n) is 1.22. The molecule has 0 saturated heterocycles. The zero-order valence-corrected chi connectivity index (χ0v) is 9.83. The molecule has 7 heteroatoms. The fraction of sp³-hybridized carbons (Fsp3) is 0.111. The second-order valence-corrected chi connectivity index (χ2v) is 5.97. The van der Waals surface area contributed by atoms with E-state index < -0.39 is 9.84 Å². The molecular formula is C9H9N3O2S2. The van der Waals surface area contributed by atoms with E-state index in [4.69, 9.17) is 5.73 Å².